The maximum Gasteiger partial charge on any atom is 0.306 e. The average Bonchev–Trinajstić information content (AvgIpc) is 2.78. The second-order valence-corrected chi connectivity index (χ2v) is 9.46. The highest BCUT2D eigenvalue weighted by Gasteiger charge is 2.15. The van der Waals surface area contributed by atoms with Gasteiger partial charge in [-0.2, -0.15) is 0 Å². The zero-order valence-electron chi connectivity index (χ0n) is 18.1. The third-order valence-electron chi connectivity index (χ3n) is 5.56. The van der Waals surface area contributed by atoms with E-state index in [1.807, 2.05) is 0 Å². The lowest BCUT2D eigenvalue weighted by Gasteiger charge is -2.20. The fraction of sp³-hybridized carbons (Fsp3) is 0.909. The Morgan fingerprint density at radius 3 is 1.40 bits per heavy atom. The molecule has 2 aliphatic carbocycles. The van der Waals surface area contributed by atoms with Gasteiger partial charge in [-0.05, 0) is 38.5 Å². The quantitative estimate of drug-likeness (QED) is 0.121. The third-order valence-corrected chi connectivity index (χ3v) is 6.81. The number of carbonyl (C=O) groups is 2. The fourth-order valence-electron chi connectivity index (χ4n) is 3.79. The number of carbonyl (C=O) groups excluding carboxylic acids is 2. The van der Waals surface area contributed by atoms with Crippen molar-refractivity contribution in [1.82, 2.24) is 0 Å². The molecule has 0 amide bonds. The topological polar surface area (TPSA) is 71.1 Å². The number of hydrogen-bond donors (Lipinski definition) is 0. The van der Waals surface area contributed by atoms with E-state index in [1.54, 1.807) is 0 Å². The first kappa shape index (κ1) is 25.8. The first-order valence-corrected chi connectivity index (χ1v) is 13.4. The Balaban J connectivity index is 1.31. The molecule has 0 unspecified atom stereocenters. The van der Waals surface area contributed by atoms with Crippen LogP contribution >= 0.6 is 24.1 Å². The second kappa shape index (κ2) is 17.2. The van der Waals surface area contributed by atoms with Crippen molar-refractivity contribution >= 4 is 36.0 Å². The monoisotopic (exact) mass is 462 g/mol. The van der Waals surface area contributed by atoms with E-state index in [4.69, 9.17) is 17.8 Å². The number of rotatable bonds is 15. The van der Waals surface area contributed by atoms with Crippen LogP contribution in [-0.4, -0.2) is 36.0 Å². The maximum atomic E-state index is 11.7. The number of ether oxygens (including phenoxy) is 2. The van der Waals surface area contributed by atoms with E-state index in [9.17, 15) is 9.59 Å². The largest absolute Gasteiger partial charge is 0.452 e. The SMILES string of the molecule is O=C(CCCCCCC(=O)OCSOC1CCCCC1)OCSOC1CCCCC1. The molecule has 30 heavy (non-hydrogen) atoms. The first-order chi connectivity index (χ1) is 14.7. The van der Waals surface area contributed by atoms with Crippen molar-refractivity contribution in [3.63, 3.8) is 0 Å². The van der Waals surface area contributed by atoms with Gasteiger partial charge >= 0.3 is 11.9 Å². The van der Waals surface area contributed by atoms with E-state index in [-0.39, 0.29) is 23.8 Å². The lowest BCUT2D eigenvalue weighted by molar-refractivity contribution is -0.142. The van der Waals surface area contributed by atoms with Crippen LogP contribution in [0.15, 0.2) is 0 Å². The van der Waals surface area contributed by atoms with Gasteiger partial charge in [0, 0.05) is 36.9 Å². The zero-order valence-corrected chi connectivity index (χ0v) is 19.8. The molecular weight excluding hydrogens is 424 g/mol. The van der Waals surface area contributed by atoms with E-state index in [0.717, 1.165) is 51.4 Å². The molecule has 0 aromatic heterocycles. The fourth-order valence-corrected chi connectivity index (χ4v) is 5.03. The van der Waals surface area contributed by atoms with Crippen molar-refractivity contribution < 1.29 is 27.4 Å². The Kier molecular flexibility index (Phi) is 14.8. The third kappa shape index (κ3) is 13.1. The number of unbranched alkanes of at least 4 members (excludes halogenated alkanes) is 3. The van der Waals surface area contributed by atoms with E-state index < -0.39 is 0 Å². The average molecular weight is 463 g/mol. The van der Waals surface area contributed by atoms with Crippen LogP contribution in [0.1, 0.15) is 103 Å². The second-order valence-electron chi connectivity index (χ2n) is 8.13. The molecule has 2 aliphatic rings. The maximum absolute atomic E-state index is 11.7. The Morgan fingerprint density at radius 2 is 1.00 bits per heavy atom. The minimum atomic E-state index is -0.177. The van der Waals surface area contributed by atoms with Gasteiger partial charge in [0.05, 0.1) is 12.2 Å². The zero-order chi connectivity index (χ0) is 21.3. The normalized spacial score (nSPS) is 18.3. The summed E-state index contributed by atoms with van der Waals surface area (Å²) in [6, 6.07) is 0. The van der Waals surface area contributed by atoms with Gasteiger partial charge < -0.3 is 17.8 Å². The summed E-state index contributed by atoms with van der Waals surface area (Å²) >= 11 is 2.50. The van der Waals surface area contributed by atoms with Crippen LogP contribution in [0.2, 0.25) is 0 Å². The Labute approximate surface area is 190 Å². The molecule has 2 rings (SSSR count). The summed E-state index contributed by atoms with van der Waals surface area (Å²) in [5.41, 5.74) is 0. The Hall–Kier alpha value is -0.440. The molecule has 0 heterocycles. The summed E-state index contributed by atoms with van der Waals surface area (Å²) in [5, 5.41) is 0. The Bertz CT molecular complexity index is 423. The molecule has 0 aliphatic heterocycles. The molecule has 0 atom stereocenters. The molecule has 2 fully saturated rings. The van der Waals surface area contributed by atoms with Gasteiger partial charge in [-0.3, -0.25) is 9.59 Å². The first-order valence-electron chi connectivity index (χ1n) is 11.6. The van der Waals surface area contributed by atoms with Crippen LogP contribution in [0.25, 0.3) is 0 Å². The molecule has 174 valence electrons. The van der Waals surface area contributed by atoms with Gasteiger partial charge in [-0.25, -0.2) is 0 Å². The standard InChI is InChI=1S/C22H38O6S2/c23-21(25-17-29-27-19-11-5-3-6-12-19)15-9-1-2-10-16-22(24)26-18-30-28-20-13-7-4-8-14-20/h19-20H,1-18H2. The number of hydrogen-bond acceptors (Lipinski definition) is 8. The Morgan fingerprint density at radius 1 is 0.600 bits per heavy atom. The smallest absolute Gasteiger partial charge is 0.306 e. The molecule has 0 radical (unpaired) electrons. The lowest BCUT2D eigenvalue weighted by Crippen LogP contribution is -2.14. The molecule has 0 bridgehead atoms. The predicted molar refractivity (Wildman–Crippen MR) is 121 cm³/mol. The van der Waals surface area contributed by atoms with Crippen LogP contribution in [-0.2, 0) is 27.4 Å². The summed E-state index contributed by atoms with van der Waals surface area (Å²) in [4.78, 5) is 23.4. The minimum absolute atomic E-state index is 0.177. The molecule has 2 saturated carbocycles. The minimum Gasteiger partial charge on any atom is -0.452 e. The summed E-state index contributed by atoms with van der Waals surface area (Å²) in [5.74, 6) is 0.182. The molecular formula is C22H38O6S2. The highest BCUT2D eigenvalue weighted by molar-refractivity contribution is 7.94. The van der Waals surface area contributed by atoms with Crippen LogP contribution in [0.4, 0.5) is 0 Å². The van der Waals surface area contributed by atoms with Gasteiger partial charge in [0.2, 0.25) is 0 Å². The van der Waals surface area contributed by atoms with Gasteiger partial charge in [0.15, 0.2) is 11.9 Å². The van der Waals surface area contributed by atoms with E-state index in [0.29, 0.717) is 25.0 Å². The summed E-state index contributed by atoms with van der Waals surface area (Å²) in [7, 11) is 0. The molecule has 0 aromatic rings. The van der Waals surface area contributed by atoms with Gasteiger partial charge in [0.25, 0.3) is 0 Å². The van der Waals surface area contributed by atoms with Crippen LogP contribution < -0.4 is 0 Å². The van der Waals surface area contributed by atoms with Crippen molar-refractivity contribution in [2.45, 2.75) is 115 Å². The lowest BCUT2D eigenvalue weighted by atomic mass is 9.98. The molecule has 6 nitrogen and oxygen atoms in total. The van der Waals surface area contributed by atoms with Gasteiger partial charge in [-0.15, -0.1) is 0 Å². The molecule has 0 saturated heterocycles. The van der Waals surface area contributed by atoms with Crippen molar-refractivity contribution in [3.05, 3.63) is 0 Å². The van der Waals surface area contributed by atoms with Gasteiger partial charge in [-0.1, -0.05) is 51.4 Å². The molecule has 0 spiro atoms. The van der Waals surface area contributed by atoms with Crippen LogP contribution in [0, 0.1) is 0 Å². The highest BCUT2D eigenvalue weighted by atomic mass is 32.2. The van der Waals surface area contributed by atoms with Crippen molar-refractivity contribution in [2.75, 3.05) is 11.9 Å². The van der Waals surface area contributed by atoms with Crippen molar-refractivity contribution in [2.24, 2.45) is 0 Å². The van der Waals surface area contributed by atoms with Crippen LogP contribution in [0.3, 0.4) is 0 Å². The van der Waals surface area contributed by atoms with Crippen molar-refractivity contribution in [1.29, 1.82) is 0 Å². The predicted octanol–water partition coefficient (Wildman–Crippen LogP) is 6.32. The van der Waals surface area contributed by atoms with E-state index in [1.165, 1.54) is 62.6 Å². The van der Waals surface area contributed by atoms with E-state index in [2.05, 4.69) is 0 Å². The molecule has 0 N–H and O–H groups in total. The number of esters is 2. The highest BCUT2D eigenvalue weighted by Crippen LogP contribution is 2.25. The summed E-state index contributed by atoms with van der Waals surface area (Å²) < 4.78 is 21.7. The van der Waals surface area contributed by atoms with Gasteiger partial charge in [0.1, 0.15) is 0 Å². The summed E-state index contributed by atoms with van der Waals surface area (Å²) in [6.45, 7) is 0. The van der Waals surface area contributed by atoms with Crippen LogP contribution in [0.5, 0.6) is 0 Å². The summed E-state index contributed by atoms with van der Waals surface area (Å²) in [6.07, 6.45) is 16.8. The van der Waals surface area contributed by atoms with E-state index >= 15 is 0 Å². The molecule has 0 aromatic carbocycles. The molecule has 8 heteroatoms. The van der Waals surface area contributed by atoms with Crippen molar-refractivity contribution in [3.8, 4) is 0 Å².